The Kier molecular flexibility index (Phi) is 7.68. The summed E-state index contributed by atoms with van der Waals surface area (Å²) in [7, 11) is 0. The summed E-state index contributed by atoms with van der Waals surface area (Å²) in [5, 5.41) is 9.32. The first-order valence-corrected chi connectivity index (χ1v) is 22.6. The average molecular weight is 838 g/mol. The number of fused-ring (bicyclic) bond motifs is 13. The lowest BCUT2D eigenvalue weighted by molar-refractivity contribution is 0.668. The Hall–Kier alpha value is -7.93. The molecule has 0 radical (unpaired) electrons. The molecule has 4 aromatic heterocycles. The Morgan fingerprint density at radius 3 is 1.80 bits per heavy atom. The van der Waals surface area contributed by atoms with Crippen LogP contribution in [-0.2, 0) is 6.42 Å². The van der Waals surface area contributed by atoms with Gasteiger partial charge in [0.05, 0.1) is 0 Å². The molecular formula is C58H35N3O2S. The minimum atomic E-state index is 0.0326. The van der Waals surface area contributed by atoms with Gasteiger partial charge < -0.3 is 8.83 Å². The maximum absolute atomic E-state index is 6.65. The molecule has 0 N–H and O–H groups in total. The molecule has 0 spiro atoms. The molecule has 1 atom stereocenters. The van der Waals surface area contributed by atoms with Crippen LogP contribution in [0.2, 0.25) is 0 Å². The Labute approximate surface area is 370 Å². The van der Waals surface area contributed by atoms with Crippen LogP contribution in [0, 0.1) is 0 Å². The van der Waals surface area contributed by atoms with Crippen LogP contribution in [0.15, 0.2) is 191 Å². The summed E-state index contributed by atoms with van der Waals surface area (Å²) in [5.41, 5.74) is 12.4. The summed E-state index contributed by atoms with van der Waals surface area (Å²) >= 11 is 1.79. The van der Waals surface area contributed by atoms with Crippen molar-refractivity contribution in [2.75, 3.05) is 0 Å². The largest absolute Gasteiger partial charge is 0.456 e. The summed E-state index contributed by atoms with van der Waals surface area (Å²) in [6, 6.07) is 65.0. The topological polar surface area (TPSA) is 65.0 Å². The molecule has 6 heteroatoms. The first-order valence-electron chi connectivity index (χ1n) is 21.8. The zero-order chi connectivity index (χ0) is 41.9. The highest BCUT2D eigenvalue weighted by Gasteiger charge is 2.29. The van der Waals surface area contributed by atoms with E-state index in [2.05, 4.69) is 158 Å². The fourth-order valence-electron chi connectivity index (χ4n) is 10.3. The lowest BCUT2D eigenvalue weighted by Gasteiger charge is -2.22. The summed E-state index contributed by atoms with van der Waals surface area (Å²) in [6.45, 7) is 0. The number of hydrogen-bond donors (Lipinski definition) is 0. The normalized spacial score (nSPS) is 14.0. The molecule has 0 saturated carbocycles. The molecule has 9 aromatic carbocycles. The smallest absolute Gasteiger partial charge is 0.164 e. The SMILES string of the molecule is c1ccc2c(c1)-c1cc3ccccc3cc1CCC2c1cc2c(cc1-c1nc(-c3ccc4c(c3)oc3ccccc34)nc(-c3ccc4c(c3)sc3ccccc34)n1)oc1ccccc12. The molecule has 0 amide bonds. The number of aromatic nitrogens is 3. The molecule has 4 heterocycles. The average Bonchev–Trinajstić information content (AvgIpc) is 4.00. The summed E-state index contributed by atoms with van der Waals surface area (Å²) < 4.78 is 15.5. The van der Waals surface area contributed by atoms with Gasteiger partial charge in [0.1, 0.15) is 22.3 Å². The maximum Gasteiger partial charge on any atom is 0.164 e. The third kappa shape index (κ3) is 5.52. The summed E-state index contributed by atoms with van der Waals surface area (Å²) in [5.74, 6) is 1.82. The molecule has 14 rings (SSSR count). The van der Waals surface area contributed by atoms with Crippen molar-refractivity contribution in [1.82, 2.24) is 15.0 Å². The van der Waals surface area contributed by atoms with Crippen LogP contribution in [0.4, 0.5) is 0 Å². The molecule has 300 valence electrons. The van der Waals surface area contributed by atoms with Crippen molar-refractivity contribution in [3.8, 4) is 45.3 Å². The van der Waals surface area contributed by atoms with E-state index < -0.39 is 0 Å². The highest BCUT2D eigenvalue weighted by atomic mass is 32.1. The van der Waals surface area contributed by atoms with Crippen molar-refractivity contribution in [3.63, 3.8) is 0 Å². The van der Waals surface area contributed by atoms with E-state index in [1.54, 1.807) is 11.3 Å². The van der Waals surface area contributed by atoms with Crippen LogP contribution in [0.1, 0.15) is 29.0 Å². The van der Waals surface area contributed by atoms with E-state index in [1.807, 2.05) is 24.3 Å². The van der Waals surface area contributed by atoms with Crippen LogP contribution in [0.3, 0.4) is 0 Å². The van der Waals surface area contributed by atoms with Gasteiger partial charge in [-0.1, -0.05) is 127 Å². The third-order valence-electron chi connectivity index (χ3n) is 13.4. The van der Waals surface area contributed by atoms with Gasteiger partial charge >= 0.3 is 0 Å². The number of aryl methyl sites for hydroxylation is 1. The summed E-state index contributed by atoms with van der Waals surface area (Å²) in [6.07, 6.45) is 1.83. The molecule has 64 heavy (non-hydrogen) atoms. The predicted molar refractivity (Wildman–Crippen MR) is 263 cm³/mol. The molecule has 0 fully saturated rings. The van der Waals surface area contributed by atoms with Gasteiger partial charge in [-0.25, -0.2) is 15.0 Å². The van der Waals surface area contributed by atoms with E-state index in [1.165, 1.54) is 58.8 Å². The number of hydrogen-bond acceptors (Lipinski definition) is 6. The fourth-order valence-corrected chi connectivity index (χ4v) is 11.5. The number of benzene rings is 9. The van der Waals surface area contributed by atoms with Crippen molar-refractivity contribution >= 4 is 86.2 Å². The molecular weight excluding hydrogens is 803 g/mol. The Balaban J connectivity index is 1.02. The Morgan fingerprint density at radius 1 is 0.391 bits per heavy atom. The molecule has 0 saturated heterocycles. The second-order valence-electron chi connectivity index (χ2n) is 17.0. The molecule has 1 aliphatic rings. The van der Waals surface area contributed by atoms with Gasteiger partial charge in [-0.2, -0.15) is 0 Å². The predicted octanol–water partition coefficient (Wildman–Crippen LogP) is 15.9. The van der Waals surface area contributed by atoms with Gasteiger partial charge in [0, 0.05) is 64.3 Å². The number of thiophene rings is 1. The zero-order valence-electron chi connectivity index (χ0n) is 34.4. The van der Waals surface area contributed by atoms with Crippen LogP contribution in [0.5, 0.6) is 0 Å². The first kappa shape index (κ1) is 35.6. The monoisotopic (exact) mass is 837 g/mol. The Morgan fingerprint density at radius 2 is 0.984 bits per heavy atom. The first-order chi connectivity index (χ1) is 31.7. The fraction of sp³-hybridized carbons (Fsp3) is 0.0517. The molecule has 1 unspecified atom stereocenters. The highest BCUT2D eigenvalue weighted by molar-refractivity contribution is 7.25. The van der Waals surface area contributed by atoms with E-state index >= 15 is 0 Å². The number of para-hydroxylation sites is 2. The van der Waals surface area contributed by atoms with Gasteiger partial charge in [0.15, 0.2) is 17.5 Å². The second kappa shape index (κ2) is 13.8. The van der Waals surface area contributed by atoms with Gasteiger partial charge in [-0.15, -0.1) is 11.3 Å². The van der Waals surface area contributed by atoms with E-state index in [-0.39, 0.29) is 5.92 Å². The lowest BCUT2D eigenvalue weighted by atomic mass is 9.82. The summed E-state index contributed by atoms with van der Waals surface area (Å²) in [4.78, 5) is 16.2. The van der Waals surface area contributed by atoms with Crippen molar-refractivity contribution in [3.05, 3.63) is 199 Å². The Bertz CT molecular complexity index is 3930. The second-order valence-corrected chi connectivity index (χ2v) is 18.1. The zero-order valence-corrected chi connectivity index (χ0v) is 35.2. The molecule has 0 bridgehead atoms. The van der Waals surface area contributed by atoms with Crippen LogP contribution >= 0.6 is 11.3 Å². The lowest BCUT2D eigenvalue weighted by Crippen LogP contribution is -2.07. The van der Waals surface area contributed by atoms with Crippen LogP contribution in [0.25, 0.3) is 120 Å². The van der Waals surface area contributed by atoms with Crippen LogP contribution in [-0.4, -0.2) is 15.0 Å². The maximum atomic E-state index is 6.65. The van der Waals surface area contributed by atoms with E-state index in [0.29, 0.717) is 17.5 Å². The third-order valence-corrected chi connectivity index (χ3v) is 14.5. The number of nitrogens with zero attached hydrogens (tertiary/aromatic N) is 3. The number of furan rings is 2. The molecule has 1 aliphatic carbocycles. The van der Waals surface area contributed by atoms with Crippen molar-refractivity contribution < 1.29 is 8.83 Å². The van der Waals surface area contributed by atoms with Gasteiger partial charge in [0.2, 0.25) is 0 Å². The minimum Gasteiger partial charge on any atom is -0.456 e. The van der Waals surface area contributed by atoms with Crippen molar-refractivity contribution in [2.24, 2.45) is 0 Å². The van der Waals surface area contributed by atoms with Crippen molar-refractivity contribution in [1.29, 1.82) is 0 Å². The quantitative estimate of drug-likeness (QED) is 0.177. The van der Waals surface area contributed by atoms with Crippen LogP contribution < -0.4 is 0 Å². The molecule has 13 aromatic rings. The van der Waals surface area contributed by atoms with Gasteiger partial charge in [-0.3, -0.25) is 0 Å². The molecule has 5 nitrogen and oxygen atoms in total. The van der Waals surface area contributed by atoms with Crippen molar-refractivity contribution in [2.45, 2.75) is 18.8 Å². The van der Waals surface area contributed by atoms with Gasteiger partial charge in [-0.05, 0) is 106 Å². The van der Waals surface area contributed by atoms with Gasteiger partial charge in [0.25, 0.3) is 0 Å². The molecule has 0 aliphatic heterocycles. The van der Waals surface area contributed by atoms with E-state index in [9.17, 15) is 0 Å². The van der Waals surface area contributed by atoms with E-state index in [0.717, 1.165) is 73.4 Å². The number of rotatable bonds is 4. The minimum absolute atomic E-state index is 0.0326. The highest BCUT2D eigenvalue weighted by Crippen LogP contribution is 2.47. The standard InChI is InChI=1S/C58H35N3O2S/c1-2-12-34-28-46-35(27-33(34)11-1)21-24-40(38-13-3-4-14-39(38)46)47-31-48-42-16-6-9-19-51(42)63-53(48)32-49(47)58-60-56(36-22-25-43-41-15-5-8-18-50(41)62-52(43)29-36)59-57(61-58)37-23-26-45-44-17-7-10-20-54(44)64-55(45)30-37/h1-20,22-23,25-32,40H,21,24H2. The van der Waals surface area contributed by atoms with E-state index in [4.69, 9.17) is 23.8 Å².